The van der Waals surface area contributed by atoms with E-state index in [1.807, 2.05) is 6.92 Å². The van der Waals surface area contributed by atoms with Crippen molar-refractivity contribution in [3.63, 3.8) is 0 Å². The monoisotopic (exact) mass is 164 g/mol. The topological polar surface area (TPSA) is 66.8 Å². The molecule has 0 aromatic heterocycles. The third-order valence-corrected chi connectivity index (χ3v) is 0.808. The fraction of sp³-hybridized carbons (Fsp3) is 0.857. The molecule has 4 heteroatoms. The van der Waals surface area contributed by atoms with Crippen LogP contribution < -0.4 is 0 Å². The lowest BCUT2D eigenvalue weighted by Gasteiger charge is -2.03. The van der Waals surface area contributed by atoms with Gasteiger partial charge in [0.2, 0.25) is 0 Å². The molecule has 0 spiro atoms. The van der Waals surface area contributed by atoms with Gasteiger partial charge in [-0.05, 0) is 6.42 Å². The van der Waals surface area contributed by atoms with Crippen molar-refractivity contribution in [1.29, 1.82) is 0 Å². The molecule has 0 saturated carbocycles. The van der Waals surface area contributed by atoms with Gasteiger partial charge in [-0.3, -0.25) is 4.79 Å². The zero-order valence-corrected chi connectivity index (χ0v) is 7.20. The molecule has 11 heavy (non-hydrogen) atoms. The summed E-state index contributed by atoms with van der Waals surface area (Å²) in [6.07, 6.45) is 1.15. The predicted molar refractivity (Wildman–Crippen MR) is 41.2 cm³/mol. The minimum Gasteiger partial charge on any atom is -0.481 e. The number of aliphatic hydroxyl groups is 1. The first-order chi connectivity index (χ1) is 5.04. The van der Waals surface area contributed by atoms with Crippen LogP contribution in [0.5, 0.6) is 0 Å². The molecule has 4 nitrogen and oxygen atoms in total. The molecule has 0 fully saturated rings. The van der Waals surface area contributed by atoms with E-state index in [4.69, 9.17) is 15.0 Å². The summed E-state index contributed by atoms with van der Waals surface area (Å²) in [5, 5.41) is 16.1. The first-order valence-electron chi connectivity index (χ1n) is 3.45. The SMILES string of the molecule is CC(=O)O.CCCC(O)OC. The van der Waals surface area contributed by atoms with Gasteiger partial charge < -0.3 is 14.9 Å². The fourth-order valence-electron chi connectivity index (χ4n) is 0.365. The van der Waals surface area contributed by atoms with Gasteiger partial charge in [-0.1, -0.05) is 13.3 Å². The highest BCUT2D eigenvalue weighted by Gasteiger charge is 1.94. The van der Waals surface area contributed by atoms with E-state index in [1.54, 1.807) is 0 Å². The van der Waals surface area contributed by atoms with Gasteiger partial charge >= 0.3 is 0 Å². The van der Waals surface area contributed by atoms with Crippen molar-refractivity contribution >= 4 is 5.97 Å². The van der Waals surface area contributed by atoms with E-state index in [2.05, 4.69) is 4.74 Å². The number of aliphatic carboxylic acids is 1. The van der Waals surface area contributed by atoms with Gasteiger partial charge in [-0.25, -0.2) is 0 Å². The molecule has 1 unspecified atom stereocenters. The Bertz CT molecular complexity index is 88.4. The van der Waals surface area contributed by atoms with Crippen LogP contribution >= 0.6 is 0 Å². The second-order valence-electron chi connectivity index (χ2n) is 2.00. The molecule has 0 aliphatic carbocycles. The summed E-state index contributed by atoms with van der Waals surface area (Å²) >= 11 is 0. The van der Waals surface area contributed by atoms with E-state index < -0.39 is 12.3 Å². The van der Waals surface area contributed by atoms with E-state index in [9.17, 15) is 0 Å². The number of ether oxygens (including phenoxy) is 1. The summed E-state index contributed by atoms with van der Waals surface area (Å²) in [4.78, 5) is 9.00. The van der Waals surface area contributed by atoms with Crippen LogP contribution in [0.4, 0.5) is 0 Å². The van der Waals surface area contributed by atoms with Crippen molar-refractivity contribution in [3.05, 3.63) is 0 Å². The first-order valence-corrected chi connectivity index (χ1v) is 3.45. The van der Waals surface area contributed by atoms with Crippen LogP contribution in [0.1, 0.15) is 26.7 Å². The van der Waals surface area contributed by atoms with Crippen LogP contribution in [0.2, 0.25) is 0 Å². The molecular weight excluding hydrogens is 148 g/mol. The minimum atomic E-state index is -0.833. The highest BCUT2D eigenvalue weighted by Crippen LogP contribution is 1.93. The Balaban J connectivity index is 0. The number of carbonyl (C=O) groups is 1. The van der Waals surface area contributed by atoms with Gasteiger partial charge in [-0.2, -0.15) is 0 Å². The standard InChI is InChI=1S/C5H12O2.C2H4O2/c1-3-4-5(6)7-2;1-2(3)4/h5-6H,3-4H2,1-2H3;1H3,(H,3,4). The molecule has 0 rings (SSSR count). The van der Waals surface area contributed by atoms with Gasteiger partial charge in [-0.15, -0.1) is 0 Å². The summed E-state index contributed by atoms with van der Waals surface area (Å²) in [6, 6.07) is 0. The molecule has 0 bridgehead atoms. The highest BCUT2D eigenvalue weighted by atomic mass is 16.6. The van der Waals surface area contributed by atoms with Crippen LogP contribution in [0.15, 0.2) is 0 Å². The molecule has 0 saturated heterocycles. The molecule has 0 radical (unpaired) electrons. The van der Waals surface area contributed by atoms with Gasteiger partial charge in [0, 0.05) is 14.0 Å². The van der Waals surface area contributed by atoms with Gasteiger partial charge in [0.05, 0.1) is 0 Å². The molecule has 0 aliphatic rings. The van der Waals surface area contributed by atoms with Gasteiger partial charge in [0.15, 0.2) is 6.29 Å². The Morgan fingerprint density at radius 2 is 2.00 bits per heavy atom. The Morgan fingerprint density at radius 3 is 2.09 bits per heavy atom. The lowest BCUT2D eigenvalue weighted by molar-refractivity contribution is -0.134. The normalized spacial score (nSPS) is 11.3. The average Bonchev–Trinajstić information content (AvgIpc) is 1.87. The van der Waals surface area contributed by atoms with Crippen LogP contribution in [0.3, 0.4) is 0 Å². The number of rotatable bonds is 3. The van der Waals surface area contributed by atoms with Crippen LogP contribution in [0, 0.1) is 0 Å². The van der Waals surface area contributed by atoms with E-state index in [-0.39, 0.29) is 0 Å². The number of hydrogen-bond donors (Lipinski definition) is 2. The lowest BCUT2D eigenvalue weighted by atomic mass is 10.3. The van der Waals surface area contributed by atoms with Crippen molar-refractivity contribution < 1.29 is 19.7 Å². The second kappa shape index (κ2) is 9.39. The Kier molecular flexibility index (Phi) is 11.1. The maximum atomic E-state index is 9.00. The third kappa shape index (κ3) is 26.6. The molecule has 0 amide bonds. The summed E-state index contributed by atoms with van der Waals surface area (Å²) in [7, 11) is 1.50. The van der Waals surface area contributed by atoms with Crippen molar-refractivity contribution in [3.8, 4) is 0 Å². The number of carboxylic acids is 1. The molecule has 68 valence electrons. The zero-order valence-electron chi connectivity index (χ0n) is 7.20. The second-order valence-corrected chi connectivity index (χ2v) is 2.00. The highest BCUT2D eigenvalue weighted by molar-refractivity contribution is 5.62. The quantitative estimate of drug-likeness (QED) is 0.606. The van der Waals surface area contributed by atoms with Gasteiger partial charge in [0.1, 0.15) is 0 Å². The van der Waals surface area contributed by atoms with Crippen LogP contribution in [-0.4, -0.2) is 29.6 Å². The van der Waals surface area contributed by atoms with Crippen LogP contribution in [-0.2, 0) is 9.53 Å². The largest absolute Gasteiger partial charge is 0.481 e. The average molecular weight is 164 g/mol. The molecule has 0 aromatic rings. The zero-order chi connectivity index (χ0) is 9.28. The number of aliphatic hydroxyl groups excluding tert-OH is 1. The van der Waals surface area contributed by atoms with Crippen molar-refractivity contribution in [2.75, 3.05) is 7.11 Å². The maximum absolute atomic E-state index is 9.00. The molecular formula is C7H16O4. The number of hydrogen-bond acceptors (Lipinski definition) is 3. The molecule has 2 N–H and O–H groups in total. The number of methoxy groups -OCH3 is 1. The van der Waals surface area contributed by atoms with Crippen molar-refractivity contribution in [2.24, 2.45) is 0 Å². The van der Waals surface area contributed by atoms with Crippen molar-refractivity contribution in [1.82, 2.24) is 0 Å². The van der Waals surface area contributed by atoms with E-state index in [0.717, 1.165) is 19.8 Å². The molecule has 0 heterocycles. The summed E-state index contributed by atoms with van der Waals surface area (Å²) < 4.78 is 4.55. The van der Waals surface area contributed by atoms with Crippen molar-refractivity contribution in [2.45, 2.75) is 33.0 Å². The Morgan fingerprint density at radius 1 is 1.64 bits per heavy atom. The van der Waals surface area contributed by atoms with Crippen LogP contribution in [0.25, 0.3) is 0 Å². The Labute approximate surface area is 66.8 Å². The smallest absolute Gasteiger partial charge is 0.300 e. The van der Waals surface area contributed by atoms with E-state index >= 15 is 0 Å². The number of carboxylic acid groups (broad SMARTS) is 1. The van der Waals surface area contributed by atoms with E-state index in [0.29, 0.717) is 0 Å². The Hall–Kier alpha value is -0.610. The van der Waals surface area contributed by atoms with E-state index in [1.165, 1.54) is 7.11 Å². The minimum absolute atomic E-state index is 0.551. The van der Waals surface area contributed by atoms with Gasteiger partial charge in [0.25, 0.3) is 5.97 Å². The third-order valence-electron chi connectivity index (χ3n) is 0.808. The summed E-state index contributed by atoms with van der Waals surface area (Å²) in [6.45, 7) is 3.09. The first kappa shape index (κ1) is 13.0. The molecule has 1 atom stereocenters. The molecule has 0 aliphatic heterocycles. The lowest BCUT2D eigenvalue weighted by Crippen LogP contribution is -2.06. The predicted octanol–water partition coefficient (Wildman–Crippen LogP) is 0.842. The maximum Gasteiger partial charge on any atom is 0.300 e. The summed E-state index contributed by atoms with van der Waals surface area (Å²) in [5.41, 5.74) is 0. The fourth-order valence-corrected chi connectivity index (χ4v) is 0.365. The molecule has 0 aromatic carbocycles. The summed E-state index contributed by atoms with van der Waals surface area (Å²) in [5.74, 6) is -0.833.